The minimum Gasteiger partial charge on any atom is -0.329 e. The fraction of sp³-hybridized carbons (Fsp3) is 0.455. The van der Waals surface area contributed by atoms with Crippen LogP contribution in [0.25, 0.3) is 0 Å². The maximum absolute atomic E-state index is 6.03. The highest BCUT2D eigenvalue weighted by atomic mass is 35.5. The van der Waals surface area contributed by atoms with Gasteiger partial charge >= 0.3 is 0 Å². The topological polar surface area (TPSA) is 38.0 Å². The third kappa shape index (κ3) is 4.39. The lowest BCUT2D eigenvalue weighted by molar-refractivity contribution is 0.559. The second kappa shape index (κ2) is 6.33. The minimum atomic E-state index is 0.336. The third-order valence-corrected chi connectivity index (χ3v) is 2.85. The first-order valence-corrected chi connectivity index (χ1v) is 5.76. The summed E-state index contributed by atoms with van der Waals surface area (Å²) in [6.45, 7) is 3.56. The third-order valence-electron chi connectivity index (χ3n) is 2.25. The van der Waals surface area contributed by atoms with Crippen molar-refractivity contribution in [1.29, 1.82) is 0 Å². The van der Waals surface area contributed by atoms with Gasteiger partial charge in [0.25, 0.3) is 0 Å². The van der Waals surface area contributed by atoms with Crippen LogP contribution in [0.4, 0.5) is 0 Å². The van der Waals surface area contributed by atoms with Gasteiger partial charge in [0.05, 0.1) is 0 Å². The predicted molar refractivity (Wildman–Crippen MR) is 66.7 cm³/mol. The Morgan fingerprint density at radius 1 is 1.40 bits per heavy atom. The Labute approximate surface area is 101 Å². The van der Waals surface area contributed by atoms with E-state index in [2.05, 4.69) is 12.2 Å². The lowest BCUT2D eigenvalue weighted by Crippen LogP contribution is -2.34. The van der Waals surface area contributed by atoms with Crippen LogP contribution < -0.4 is 11.1 Å². The molecule has 0 bridgehead atoms. The van der Waals surface area contributed by atoms with E-state index in [1.165, 1.54) is 0 Å². The normalized spacial score (nSPS) is 12.8. The average molecular weight is 247 g/mol. The highest BCUT2D eigenvalue weighted by Gasteiger charge is 2.02. The molecule has 0 saturated heterocycles. The summed E-state index contributed by atoms with van der Waals surface area (Å²) in [5.41, 5.74) is 6.57. The van der Waals surface area contributed by atoms with Crippen LogP contribution in [-0.2, 0) is 6.42 Å². The summed E-state index contributed by atoms with van der Waals surface area (Å²) >= 11 is 11.9. The first-order valence-electron chi connectivity index (χ1n) is 5.01. The predicted octanol–water partition coefficient (Wildman–Crippen LogP) is 2.47. The molecule has 3 N–H and O–H groups in total. The van der Waals surface area contributed by atoms with Crippen LogP contribution in [0.2, 0.25) is 10.0 Å². The molecular weight excluding hydrogens is 231 g/mol. The molecule has 1 aromatic carbocycles. The molecular formula is C11H16Cl2N2. The van der Waals surface area contributed by atoms with Gasteiger partial charge in [0.2, 0.25) is 0 Å². The second-order valence-corrected chi connectivity index (χ2v) is 4.42. The standard InChI is InChI=1S/C11H16Cl2N2/c1-8(7-14)15-5-4-9-6-10(12)2-3-11(9)13/h2-3,6,8,15H,4-5,7,14H2,1H3/t8-/m0/s1. The molecule has 0 aliphatic carbocycles. The maximum atomic E-state index is 6.03. The van der Waals surface area contributed by atoms with Crippen molar-refractivity contribution >= 4 is 23.2 Å². The molecule has 1 aromatic rings. The fourth-order valence-electron chi connectivity index (χ4n) is 1.27. The Morgan fingerprint density at radius 3 is 2.80 bits per heavy atom. The second-order valence-electron chi connectivity index (χ2n) is 3.58. The number of hydrogen-bond donors (Lipinski definition) is 2. The van der Waals surface area contributed by atoms with Gasteiger partial charge in [-0.25, -0.2) is 0 Å². The first kappa shape index (κ1) is 12.8. The quantitative estimate of drug-likeness (QED) is 0.838. The summed E-state index contributed by atoms with van der Waals surface area (Å²) in [4.78, 5) is 0. The Hall–Kier alpha value is -0.280. The van der Waals surface area contributed by atoms with Gasteiger partial charge in [-0.3, -0.25) is 0 Å². The molecule has 1 atom stereocenters. The van der Waals surface area contributed by atoms with E-state index in [0.29, 0.717) is 12.6 Å². The summed E-state index contributed by atoms with van der Waals surface area (Å²) < 4.78 is 0. The van der Waals surface area contributed by atoms with Crippen molar-refractivity contribution in [1.82, 2.24) is 5.32 Å². The van der Waals surface area contributed by atoms with Gasteiger partial charge in [-0.15, -0.1) is 0 Å². The molecule has 4 heteroatoms. The molecule has 0 aliphatic heterocycles. The molecule has 0 aliphatic rings. The molecule has 0 saturated carbocycles. The summed E-state index contributed by atoms with van der Waals surface area (Å²) in [5.74, 6) is 0. The number of hydrogen-bond acceptors (Lipinski definition) is 2. The summed E-state index contributed by atoms with van der Waals surface area (Å²) in [7, 11) is 0. The monoisotopic (exact) mass is 246 g/mol. The van der Waals surface area contributed by atoms with Crippen molar-refractivity contribution in [3.63, 3.8) is 0 Å². The highest BCUT2D eigenvalue weighted by molar-refractivity contribution is 6.33. The lowest BCUT2D eigenvalue weighted by atomic mass is 10.1. The van der Waals surface area contributed by atoms with Crippen LogP contribution in [0.1, 0.15) is 12.5 Å². The zero-order chi connectivity index (χ0) is 11.3. The minimum absolute atomic E-state index is 0.336. The zero-order valence-electron chi connectivity index (χ0n) is 8.76. The van der Waals surface area contributed by atoms with Crippen molar-refractivity contribution in [3.8, 4) is 0 Å². The number of nitrogens with one attached hydrogen (secondary N) is 1. The smallest absolute Gasteiger partial charge is 0.0439 e. The molecule has 0 heterocycles. The Bertz CT molecular complexity index is 315. The molecule has 15 heavy (non-hydrogen) atoms. The van der Waals surface area contributed by atoms with E-state index in [1.807, 2.05) is 12.1 Å². The number of nitrogens with two attached hydrogens (primary N) is 1. The Kier molecular flexibility index (Phi) is 5.40. The van der Waals surface area contributed by atoms with Crippen LogP contribution in [0, 0.1) is 0 Å². The SMILES string of the molecule is C[C@@H](CN)NCCc1cc(Cl)ccc1Cl. The Morgan fingerprint density at radius 2 is 2.13 bits per heavy atom. The fourth-order valence-corrected chi connectivity index (χ4v) is 1.68. The van der Waals surface area contributed by atoms with Gasteiger partial charge in [-0.1, -0.05) is 23.2 Å². The molecule has 0 amide bonds. The van der Waals surface area contributed by atoms with E-state index in [9.17, 15) is 0 Å². The molecule has 0 aromatic heterocycles. The van der Waals surface area contributed by atoms with Gasteiger partial charge in [0, 0.05) is 22.6 Å². The van der Waals surface area contributed by atoms with E-state index in [4.69, 9.17) is 28.9 Å². The van der Waals surface area contributed by atoms with E-state index >= 15 is 0 Å². The molecule has 2 nitrogen and oxygen atoms in total. The van der Waals surface area contributed by atoms with Gasteiger partial charge in [0.15, 0.2) is 0 Å². The van der Waals surface area contributed by atoms with E-state index in [0.717, 1.165) is 28.6 Å². The van der Waals surface area contributed by atoms with Gasteiger partial charge in [0.1, 0.15) is 0 Å². The van der Waals surface area contributed by atoms with Crippen LogP contribution in [-0.4, -0.2) is 19.1 Å². The van der Waals surface area contributed by atoms with E-state index < -0.39 is 0 Å². The van der Waals surface area contributed by atoms with Crippen molar-refractivity contribution in [3.05, 3.63) is 33.8 Å². The molecule has 0 radical (unpaired) electrons. The largest absolute Gasteiger partial charge is 0.329 e. The molecule has 1 rings (SSSR count). The molecule has 0 fully saturated rings. The molecule has 0 spiro atoms. The van der Waals surface area contributed by atoms with Crippen LogP contribution >= 0.6 is 23.2 Å². The number of rotatable bonds is 5. The van der Waals surface area contributed by atoms with E-state index in [-0.39, 0.29) is 0 Å². The van der Waals surface area contributed by atoms with E-state index in [1.54, 1.807) is 6.07 Å². The lowest BCUT2D eigenvalue weighted by Gasteiger charge is -2.11. The van der Waals surface area contributed by atoms with Crippen LogP contribution in [0.15, 0.2) is 18.2 Å². The van der Waals surface area contributed by atoms with Gasteiger partial charge in [-0.05, 0) is 43.7 Å². The van der Waals surface area contributed by atoms with Gasteiger partial charge in [-0.2, -0.15) is 0 Å². The summed E-state index contributed by atoms with van der Waals surface area (Å²) in [5, 5.41) is 4.79. The van der Waals surface area contributed by atoms with Crippen LogP contribution in [0.3, 0.4) is 0 Å². The summed E-state index contributed by atoms with van der Waals surface area (Å²) in [6, 6.07) is 5.86. The highest BCUT2D eigenvalue weighted by Crippen LogP contribution is 2.20. The molecule has 0 unspecified atom stereocenters. The zero-order valence-corrected chi connectivity index (χ0v) is 10.3. The van der Waals surface area contributed by atoms with Crippen molar-refractivity contribution in [2.45, 2.75) is 19.4 Å². The van der Waals surface area contributed by atoms with Crippen molar-refractivity contribution in [2.75, 3.05) is 13.1 Å². The number of benzene rings is 1. The summed E-state index contributed by atoms with van der Waals surface area (Å²) in [6.07, 6.45) is 0.865. The average Bonchev–Trinajstić information content (AvgIpc) is 2.23. The first-order chi connectivity index (χ1) is 7.13. The maximum Gasteiger partial charge on any atom is 0.0439 e. The number of halogens is 2. The Balaban J connectivity index is 2.46. The molecule has 84 valence electrons. The van der Waals surface area contributed by atoms with Crippen LogP contribution in [0.5, 0.6) is 0 Å². The van der Waals surface area contributed by atoms with Gasteiger partial charge < -0.3 is 11.1 Å². The van der Waals surface area contributed by atoms with Crippen molar-refractivity contribution < 1.29 is 0 Å². The van der Waals surface area contributed by atoms with Crippen molar-refractivity contribution in [2.24, 2.45) is 5.73 Å².